The first kappa shape index (κ1) is 16.3. The highest BCUT2D eigenvalue weighted by Gasteiger charge is 2.30. The number of aryl methyl sites for hydroxylation is 1. The summed E-state index contributed by atoms with van der Waals surface area (Å²) in [5, 5.41) is 7.86. The molecule has 3 rings (SSSR count). The second-order valence-electron chi connectivity index (χ2n) is 7.05. The van der Waals surface area contributed by atoms with Gasteiger partial charge in [0.05, 0.1) is 6.20 Å². The molecule has 2 heterocycles. The summed E-state index contributed by atoms with van der Waals surface area (Å²) in [7, 11) is 6.10. The van der Waals surface area contributed by atoms with Crippen molar-refractivity contribution in [3.63, 3.8) is 0 Å². The molecule has 1 aromatic heterocycles. The molecular weight excluding hydrogens is 288 g/mol. The number of aliphatic imine (C=N–C) groups is 1. The highest BCUT2D eigenvalue weighted by Crippen LogP contribution is 2.27. The molecule has 2 atom stereocenters. The molecule has 1 aromatic rings. The molecule has 0 bridgehead atoms. The first-order valence-electron chi connectivity index (χ1n) is 8.74. The SMILES string of the molecule is CN=C(NCC(C)N(C)C1CC1)N1CCC(c2cnn(C)c2)C1. The first-order valence-corrected chi connectivity index (χ1v) is 8.74. The van der Waals surface area contributed by atoms with E-state index in [9.17, 15) is 0 Å². The van der Waals surface area contributed by atoms with Crippen molar-refractivity contribution in [1.29, 1.82) is 0 Å². The van der Waals surface area contributed by atoms with Crippen LogP contribution in [-0.2, 0) is 7.05 Å². The number of guanidine groups is 1. The highest BCUT2D eigenvalue weighted by molar-refractivity contribution is 5.80. The molecule has 2 fully saturated rings. The summed E-state index contributed by atoms with van der Waals surface area (Å²) in [5.74, 6) is 1.60. The summed E-state index contributed by atoms with van der Waals surface area (Å²) in [6.07, 6.45) is 8.01. The Morgan fingerprint density at radius 2 is 2.26 bits per heavy atom. The van der Waals surface area contributed by atoms with Gasteiger partial charge >= 0.3 is 0 Å². The number of hydrogen-bond acceptors (Lipinski definition) is 3. The van der Waals surface area contributed by atoms with Crippen LogP contribution in [0.15, 0.2) is 17.4 Å². The Kier molecular flexibility index (Phi) is 4.90. The normalized spacial score (nSPS) is 23.6. The van der Waals surface area contributed by atoms with E-state index in [1.165, 1.54) is 24.8 Å². The van der Waals surface area contributed by atoms with E-state index in [1.54, 1.807) is 0 Å². The monoisotopic (exact) mass is 318 g/mol. The van der Waals surface area contributed by atoms with Crippen molar-refractivity contribution in [2.24, 2.45) is 12.0 Å². The van der Waals surface area contributed by atoms with Crippen LogP contribution >= 0.6 is 0 Å². The third kappa shape index (κ3) is 3.86. The van der Waals surface area contributed by atoms with E-state index in [-0.39, 0.29) is 0 Å². The largest absolute Gasteiger partial charge is 0.355 e. The Morgan fingerprint density at radius 1 is 1.48 bits per heavy atom. The van der Waals surface area contributed by atoms with E-state index >= 15 is 0 Å². The minimum absolute atomic E-state index is 0.538. The van der Waals surface area contributed by atoms with Gasteiger partial charge in [-0.2, -0.15) is 5.10 Å². The molecule has 2 aliphatic rings. The molecular formula is C17H30N6. The second-order valence-corrected chi connectivity index (χ2v) is 7.05. The van der Waals surface area contributed by atoms with Crippen molar-refractivity contribution in [3.8, 4) is 0 Å². The summed E-state index contributed by atoms with van der Waals surface area (Å²) < 4.78 is 1.89. The maximum atomic E-state index is 4.49. The van der Waals surface area contributed by atoms with Crippen molar-refractivity contribution in [3.05, 3.63) is 18.0 Å². The molecule has 1 aliphatic heterocycles. The lowest BCUT2D eigenvalue weighted by molar-refractivity contribution is 0.246. The third-order valence-electron chi connectivity index (χ3n) is 5.27. The number of nitrogens with one attached hydrogen (secondary N) is 1. The molecule has 23 heavy (non-hydrogen) atoms. The Labute approximate surface area is 139 Å². The smallest absolute Gasteiger partial charge is 0.193 e. The number of likely N-dealkylation sites (N-methyl/N-ethyl adjacent to an activating group) is 1. The fraction of sp³-hybridized carbons (Fsp3) is 0.765. The van der Waals surface area contributed by atoms with Crippen molar-refractivity contribution >= 4 is 5.96 Å². The molecule has 1 N–H and O–H groups in total. The van der Waals surface area contributed by atoms with Gasteiger partial charge in [-0.3, -0.25) is 14.6 Å². The van der Waals surface area contributed by atoms with Gasteiger partial charge in [0.2, 0.25) is 0 Å². The van der Waals surface area contributed by atoms with E-state index in [0.29, 0.717) is 12.0 Å². The van der Waals surface area contributed by atoms with Gasteiger partial charge in [-0.15, -0.1) is 0 Å². The van der Waals surface area contributed by atoms with Crippen LogP contribution < -0.4 is 5.32 Å². The minimum atomic E-state index is 0.538. The van der Waals surface area contributed by atoms with Gasteiger partial charge in [-0.25, -0.2) is 0 Å². The molecule has 1 aliphatic carbocycles. The maximum Gasteiger partial charge on any atom is 0.193 e. The Bertz CT molecular complexity index is 547. The number of rotatable bonds is 5. The zero-order valence-electron chi connectivity index (χ0n) is 14.9. The Balaban J connectivity index is 1.51. The molecule has 0 amide bonds. The standard InChI is InChI=1S/C17H30N6/c1-13(22(4)16-5-6-16)9-19-17(18-2)23-8-7-14(12-23)15-10-20-21(3)11-15/h10-11,13-14,16H,5-9,12H2,1-4H3,(H,18,19). The van der Waals surface area contributed by atoms with Gasteiger partial charge < -0.3 is 10.2 Å². The molecule has 128 valence electrons. The number of hydrogen-bond donors (Lipinski definition) is 1. The van der Waals surface area contributed by atoms with Crippen LogP contribution in [-0.4, -0.2) is 71.4 Å². The fourth-order valence-electron chi connectivity index (χ4n) is 3.43. The van der Waals surface area contributed by atoms with Gasteiger partial charge in [0, 0.05) is 57.9 Å². The number of likely N-dealkylation sites (tertiary alicyclic amines) is 1. The Morgan fingerprint density at radius 3 is 2.87 bits per heavy atom. The van der Waals surface area contributed by atoms with Crippen LogP contribution in [0.4, 0.5) is 0 Å². The van der Waals surface area contributed by atoms with Crippen molar-refractivity contribution in [1.82, 2.24) is 24.9 Å². The van der Waals surface area contributed by atoms with E-state index in [0.717, 1.165) is 31.6 Å². The lowest BCUT2D eigenvalue weighted by atomic mass is 10.0. The molecule has 0 spiro atoms. The molecule has 6 heteroatoms. The number of nitrogens with zero attached hydrogens (tertiary/aromatic N) is 5. The van der Waals surface area contributed by atoms with E-state index in [2.05, 4.69) is 45.4 Å². The minimum Gasteiger partial charge on any atom is -0.355 e. The molecule has 2 unspecified atom stereocenters. The van der Waals surface area contributed by atoms with Crippen LogP contribution in [0.1, 0.15) is 37.7 Å². The van der Waals surface area contributed by atoms with E-state index < -0.39 is 0 Å². The summed E-state index contributed by atoms with van der Waals surface area (Å²) >= 11 is 0. The lowest BCUT2D eigenvalue weighted by Gasteiger charge is -2.28. The fourth-order valence-corrected chi connectivity index (χ4v) is 3.43. The molecule has 1 saturated heterocycles. The van der Waals surface area contributed by atoms with Crippen LogP contribution in [0.2, 0.25) is 0 Å². The van der Waals surface area contributed by atoms with Gasteiger partial charge in [-0.1, -0.05) is 0 Å². The zero-order chi connectivity index (χ0) is 16.4. The summed E-state index contributed by atoms with van der Waals surface area (Å²) in [4.78, 5) is 9.35. The molecule has 0 aromatic carbocycles. The van der Waals surface area contributed by atoms with Gasteiger partial charge in [0.25, 0.3) is 0 Å². The van der Waals surface area contributed by atoms with Gasteiger partial charge in [-0.05, 0) is 38.8 Å². The molecule has 6 nitrogen and oxygen atoms in total. The predicted molar refractivity (Wildman–Crippen MR) is 93.7 cm³/mol. The van der Waals surface area contributed by atoms with Crippen LogP contribution in [0.5, 0.6) is 0 Å². The predicted octanol–water partition coefficient (Wildman–Crippen LogP) is 1.27. The van der Waals surface area contributed by atoms with Crippen molar-refractivity contribution in [2.45, 2.75) is 44.2 Å². The maximum absolute atomic E-state index is 4.49. The Hall–Kier alpha value is -1.56. The van der Waals surface area contributed by atoms with Crippen molar-refractivity contribution < 1.29 is 0 Å². The lowest BCUT2D eigenvalue weighted by Crippen LogP contribution is -2.46. The summed E-state index contributed by atoms with van der Waals surface area (Å²) in [6.45, 7) is 5.33. The third-order valence-corrected chi connectivity index (χ3v) is 5.27. The van der Waals surface area contributed by atoms with Crippen LogP contribution in [0.3, 0.4) is 0 Å². The second kappa shape index (κ2) is 6.91. The first-order chi connectivity index (χ1) is 11.1. The molecule has 0 radical (unpaired) electrons. The van der Waals surface area contributed by atoms with Gasteiger partial charge in [0.15, 0.2) is 5.96 Å². The van der Waals surface area contributed by atoms with E-state index in [1.807, 2.05) is 25.0 Å². The molecule has 1 saturated carbocycles. The number of aromatic nitrogens is 2. The van der Waals surface area contributed by atoms with Gasteiger partial charge in [0.1, 0.15) is 0 Å². The quantitative estimate of drug-likeness (QED) is 0.656. The average molecular weight is 318 g/mol. The average Bonchev–Trinajstić information content (AvgIpc) is 3.12. The van der Waals surface area contributed by atoms with Crippen LogP contribution in [0.25, 0.3) is 0 Å². The van der Waals surface area contributed by atoms with Crippen LogP contribution in [0, 0.1) is 0 Å². The summed E-state index contributed by atoms with van der Waals surface area (Å²) in [5.41, 5.74) is 1.34. The summed E-state index contributed by atoms with van der Waals surface area (Å²) in [6, 6.07) is 1.34. The van der Waals surface area contributed by atoms with E-state index in [4.69, 9.17) is 0 Å². The topological polar surface area (TPSA) is 48.7 Å². The highest BCUT2D eigenvalue weighted by atomic mass is 15.3. The zero-order valence-corrected chi connectivity index (χ0v) is 14.9. The van der Waals surface area contributed by atoms with Crippen molar-refractivity contribution in [2.75, 3.05) is 33.7 Å².